The van der Waals surface area contributed by atoms with E-state index < -0.39 is 17.7 Å². The third kappa shape index (κ3) is 3.76. The van der Waals surface area contributed by atoms with Crippen LogP contribution in [0.1, 0.15) is 37.8 Å². The van der Waals surface area contributed by atoms with Crippen molar-refractivity contribution in [3.8, 4) is 0 Å². The minimum atomic E-state index is -0.496. The van der Waals surface area contributed by atoms with Gasteiger partial charge >= 0.3 is 0 Å². The Hall–Kier alpha value is -1.49. The van der Waals surface area contributed by atoms with Gasteiger partial charge in [-0.3, -0.25) is 4.79 Å². The standard InChI is InChI=1S/C15H20F2N2O/c1-10(13-9-11(16)3-6-14(13)17)19(2)15(20)7-8-18-12-4-5-12/h3,6,9-10,12,18H,4-5,7-8H2,1-2H3. The molecule has 20 heavy (non-hydrogen) atoms. The van der Waals surface area contributed by atoms with Gasteiger partial charge in [0.1, 0.15) is 11.6 Å². The van der Waals surface area contributed by atoms with Crippen molar-refractivity contribution in [3.05, 3.63) is 35.4 Å². The van der Waals surface area contributed by atoms with Gasteiger partial charge in [-0.1, -0.05) is 0 Å². The summed E-state index contributed by atoms with van der Waals surface area (Å²) in [7, 11) is 1.62. The predicted molar refractivity (Wildman–Crippen MR) is 73.2 cm³/mol. The largest absolute Gasteiger partial charge is 0.339 e. The molecule has 0 aromatic heterocycles. The number of nitrogens with one attached hydrogen (secondary N) is 1. The van der Waals surface area contributed by atoms with E-state index in [2.05, 4.69) is 5.32 Å². The van der Waals surface area contributed by atoms with E-state index in [1.54, 1.807) is 14.0 Å². The van der Waals surface area contributed by atoms with Crippen LogP contribution in [0.15, 0.2) is 18.2 Å². The van der Waals surface area contributed by atoms with Crippen molar-refractivity contribution in [1.82, 2.24) is 10.2 Å². The van der Waals surface area contributed by atoms with Crippen molar-refractivity contribution >= 4 is 5.91 Å². The molecule has 1 aliphatic carbocycles. The molecule has 1 aromatic rings. The van der Waals surface area contributed by atoms with Crippen LogP contribution in [0, 0.1) is 11.6 Å². The Labute approximate surface area is 118 Å². The first-order valence-electron chi connectivity index (χ1n) is 6.93. The zero-order valence-corrected chi connectivity index (χ0v) is 11.8. The van der Waals surface area contributed by atoms with Crippen molar-refractivity contribution in [1.29, 1.82) is 0 Å². The molecule has 0 saturated heterocycles. The molecule has 3 nitrogen and oxygen atoms in total. The third-order valence-corrected chi connectivity index (χ3v) is 3.73. The molecular formula is C15H20F2N2O. The zero-order chi connectivity index (χ0) is 14.7. The van der Waals surface area contributed by atoms with Gasteiger partial charge in [-0.05, 0) is 38.0 Å². The first kappa shape index (κ1) is 14.9. The predicted octanol–water partition coefficient (Wildman–Crippen LogP) is 2.63. The Bertz CT molecular complexity index is 489. The Morgan fingerprint density at radius 3 is 2.80 bits per heavy atom. The lowest BCUT2D eigenvalue weighted by molar-refractivity contribution is -0.131. The number of carbonyl (C=O) groups excluding carboxylic acids is 1. The summed E-state index contributed by atoms with van der Waals surface area (Å²) < 4.78 is 26.9. The third-order valence-electron chi connectivity index (χ3n) is 3.73. The highest BCUT2D eigenvalue weighted by Gasteiger charge is 2.23. The van der Waals surface area contributed by atoms with E-state index in [9.17, 15) is 13.6 Å². The molecule has 1 atom stereocenters. The van der Waals surface area contributed by atoms with Gasteiger partial charge in [-0.25, -0.2) is 8.78 Å². The maximum atomic E-state index is 13.7. The number of carbonyl (C=O) groups is 1. The van der Waals surface area contributed by atoms with Crippen LogP contribution >= 0.6 is 0 Å². The molecule has 1 aliphatic rings. The average molecular weight is 282 g/mol. The molecule has 110 valence electrons. The summed E-state index contributed by atoms with van der Waals surface area (Å²) in [5.74, 6) is -1.06. The fourth-order valence-electron chi connectivity index (χ4n) is 2.11. The Morgan fingerprint density at radius 2 is 2.15 bits per heavy atom. The van der Waals surface area contributed by atoms with E-state index in [1.165, 1.54) is 17.7 Å². The number of amides is 1. The van der Waals surface area contributed by atoms with Gasteiger partial charge in [0.15, 0.2) is 0 Å². The fourth-order valence-corrected chi connectivity index (χ4v) is 2.11. The topological polar surface area (TPSA) is 32.3 Å². The van der Waals surface area contributed by atoms with Gasteiger partial charge in [0.05, 0.1) is 6.04 Å². The highest BCUT2D eigenvalue weighted by atomic mass is 19.1. The van der Waals surface area contributed by atoms with Crippen LogP contribution in [-0.2, 0) is 4.79 Å². The van der Waals surface area contributed by atoms with E-state index in [0.717, 1.165) is 18.2 Å². The van der Waals surface area contributed by atoms with Gasteiger partial charge < -0.3 is 10.2 Å². The van der Waals surface area contributed by atoms with Gasteiger partial charge in [0.25, 0.3) is 0 Å². The van der Waals surface area contributed by atoms with Crippen LogP contribution in [0.3, 0.4) is 0 Å². The van der Waals surface area contributed by atoms with E-state index in [4.69, 9.17) is 0 Å². The summed E-state index contributed by atoms with van der Waals surface area (Å²) >= 11 is 0. The molecule has 0 radical (unpaired) electrons. The molecule has 2 rings (SSSR count). The summed E-state index contributed by atoms with van der Waals surface area (Å²) in [6.45, 7) is 2.33. The zero-order valence-electron chi connectivity index (χ0n) is 11.8. The minimum Gasteiger partial charge on any atom is -0.339 e. The lowest BCUT2D eigenvalue weighted by Crippen LogP contribution is -2.33. The van der Waals surface area contributed by atoms with Crippen molar-refractivity contribution in [2.45, 2.75) is 38.3 Å². The molecular weight excluding hydrogens is 262 g/mol. The molecule has 1 N–H and O–H groups in total. The molecule has 1 saturated carbocycles. The second kappa shape index (κ2) is 6.31. The summed E-state index contributed by atoms with van der Waals surface area (Å²) in [5, 5.41) is 3.26. The van der Waals surface area contributed by atoms with Crippen molar-refractivity contribution in [2.24, 2.45) is 0 Å². The van der Waals surface area contributed by atoms with Gasteiger partial charge in [0.2, 0.25) is 5.91 Å². The summed E-state index contributed by atoms with van der Waals surface area (Å²) in [5.41, 5.74) is 0.205. The number of hydrogen-bond donors (Lipinski definition) is 1. The van der Waals surface area contributed by atoms with Crippen LogP contribution in [0.5, 0.6) is 0 Å². The van der Waals surface area contributed by atoms with E-state index in [-0.39, 0.29) is 11.5 Å². The Morgan fingerprint density at radius 1 is 1.45 bits per heavy atom. The second-order valence-electron chi connectivity index (χ2n) is 5.32. The molecule has 5 heteroatoms. The van der Waals surface area contributed by atoms with Crippen molar-refractivity contribution < 1.29 is 13.6 Å². The van der Waals surface area contributed by atoms with E-state index >= 15 is 0 Å². The van der Waals surface area contributed by atoms with Crippen LogP contribution in [0.25, 0.3) is 0 Å². The minimum absolute atomic E-state index is 0.0747. The van der Waals surface area contributed by atoms with Crippen LogP contribution < -0.4 is 5.32 Å². The highest BCUT2D eigenvalue weighted by Crippen LogP contribution is 2.23. The monoisotopic (exact) mass is 282 g/mol. The maximum Gasteiger partial charge on any atom is 0.224 e. The maximum absolute atomic E-state index is 13.7. The van der Waals surface area contributed by atoms with Crippen LogP contribution in [-0.4, -0.2) is 30.4 Å². The smallest absolute Gasteiger partial charge is 0.224 e. The molecule has 1 aromatic carbocycles. The highest BCUT2D eigenvalue weighted by molar-refractivity contribution is 5.76. The summed E-state index contributed by atoms with van der Waals surface area (Å²) in [6, 6.07) is 3.39. The van der Waals surface area contributed by atoms with E-state index in [1.807, 2.05) is 0 Å². The molecule has 0 spiro atoms. The van der Waals surface area contributed by atoms with Crippen LogP contribution in [0.4, 0.5) is 8.78 Å². The van der Waals surface area contributed by atoms with Gasteiger partial charge in [-0.2, -0.15) is 0 Å². The number of rotatable bonds is 6. The molecule has 1 amide bonds. The van der Waals surface area contributed by atoms with E-state index in [0.29, 0.717) is 19.0 Å². The first-order chi connectivity index (χ1) is 9.49. The molecule has 0 bridgehead atoms. The summed E-state index contributed by atoms with van der Waals surface area (Å²) in [6.07, 6.45) is 2.72. The van der Waals surface area contributed by atoms with Crippen molar-refractivity contribution in [2.75, 3.05) is 13.6 Å². The summed E-state index contributed by atoms with van der Waals surface area (Å²) in [4.78, 5) is 13.5. The van der Waals surface area contributed by atoms with Gasteiger partial charge in [-0.15, -0.1) is 0 Å². The fraction of sp³-hybridized carbons (Fsp3) is 0.533. The lowest BCUT2D eigenvalue weighted by Gasteiger charge is -2.26. The number of benzene rings is 1. The number of hydrogen-bond acceptors (Lipinski definition) is 2. The SMILES string of the molecule is CC(c1cc(F)ccc1F)N(C)C(=O)CCNC1CC1. The number of halogens is 2. The second-order valence-corrected chi connectivity index (χ2v) is 5.32. The lowest BCUT2D eigenvalue weighted by atomic mass is 10.1. The van der Waals surface area contributed by atoms with Gasteiger partial charge in [0, 0.05) is 31.6 Å². The molecule has 0 aliphatic heterocycles. The Kier molecular flexibility index (Phi) is 4.70. The first-order valence-corrected chi connectivity index (χ1v) is 6.93. The Balaban J connectivity index is 1.93. The quantitative estimate of drug-likeness (QED) is 0.870. The van der Waals surface area contributed by atoms with Crippen molar-refractivity contribution in [3.63, 3.8) is 0 Å². The molecule has 0 heterocycles. The molecule has 1 fully saturated rings. The average Bonchev–Trinajstić information content (AvgIpc) is 3.24. The number of nitrogens with zero attached hydrogens (tertiary/aromatic N) is 1. The molecule has 1 unspecified atom stereocenters. The normalized spacial score (nSPS) is 16.0. The van der Waals surface area contributed by atoms with Crippen LogP contribution in [0.2, 0.25) is 0 Å².